The molecule has 3 heterocycles. The Balaban J connectivity index is 1.54. The number of fused-ring (bicyclic) bond motifs is 2. The summed E-state index contributed by atoms with van der Waals surface area (Å²) in [5.74, 6) is 0.404. The van der Waals surface area contributed by atoms with Crippen LogP contribution in [0.25, 0.3) is 17.0 Å². The molecule has 3 aromatic carbocycles. The second kappa shape index (κ2) is 13.2. The third-order valence-electron chi connectivity index (χ3n) is 7.77. The fraction of sp³-hybridized carbons (Fsp3) is 0.229. The highest BCUT2D eigenvalue weighted by Gasteiger charge is 2.36. The zero-order chi connectivity index (χ0) is 32.5. The minimum absolute atomic E-state index is 0.176. The van der Waals surface area contributed by atoms with E-state index in [0.717, 1.165) is 22.0 Å². The fourth-order valence-electron chi connectivity index (χ4n) is 5.79. The van der Waals surface area contributed by atoms with Crippen molar-refractivity contribution in [3.8, 4) is 11.5 Å². The van der Waals surface area contributed by atoms with Crippen molar-refractivity contribution >= 4 is 57.5 Å². The zero-order valence-corrected chi connectivity index (χ0v) is 28.0. The van der Waals surface area contributed by atoms with Crippen molar-refractivity contribution in [2.75, 3.05) is 20.3 Å². The van der Waals surface area contributed by atoms with Crippen molar-refractivity contribution in [3.05, 3.63) is 125 Å². The Morgan fingerprint density at radius 3 is 2.59 bits per heavy atom. The average molecular weight is 677 g/mol. The molecule has 0 unspecified atom stereocenters. The molecule has 0 amide bonds. The number of hydrogen-bond donors (Lipinski definition) is 0. The number of aromatic nitrogens is 2. The molecule has 1 atom stereocenters. The minimum atomic E-state index is -0.843. The first-order chi connectivity index (χ1) is 22.2. The average Bonchev–Trinajstić information content (AvgIpc) is 3.54. The van der Waals surface area contributed by atoms with Gasteiger partial charge in [-0.25, -0.2) is 9.79 Å². The lowest BCUT2D eigenvalue weighted by atomic mass is 9.94. The number of nitrogens with zero attached hydrogens (tertiary/aromatic N) is 3. The molecule has 8 nitrogen and oxygen atoms in total. The summed E-state index contributed by atoms with van der Waals surface area (Å²) < 4.78 is 21.3. The van der Waals surface area contributed by atoms with Crippen molar-refractivity contribution in [2.45, 2.75) is 33.4 Å². The molecular weight excluding hydrogens is 645 g/mol. The predicted octanol–water partition coefficient (Wildman–Crippen LogP) is 6.52. The second-order valence-electron chi connectivity index (χ2n) is 10.6. The van der Waals surface area contributed by atoms with Gasteiger partial charge in [0.25, 0.3) is 5.56 Å². The zero-order valence-electron chi connectivity index (χ0n) is 25.7. The maximum absolute atomic E-state index is 14.4. The van der Waals surface area contributed by atoms with E-state index in [9.17, 15) is 9.59 Å². The van der Waals surface area contributed by atoms with Gasteiger partial charge in [0.15, 0.2) is 16.3 Å². The molecule has 46 heavy (non-hydrogen) atoms. The van der Waals surface area contributed by atoms with Crippen LogP contribution in [-0.4, -0.2) is 35.4 Å². The Kier molecular flexibility index (Phi) is 9.08. The molecule has 1 aliphatic rings. The standard InChI is InChI=1S/C35H31Cl2N3O5S/c1-5-44-32-24(11-9-13-28(32)43-4)31-30(34(42)45-6-2)20(3)38-35-40(31)33(41)29(46-35)17-22-19-39(27-12-8-7-10-23(22)27)18-21-14-15-25(36)26(37)16-21/h7-17,19,31H,5-6,18H2,1-4H3/b29-17+/t31-/m1/s1. The number of benzene rings is 3. The van der Waals surface area contributed by atoms with Gasteiger partial charge in [-0.15, -0.1) is 0 Å². The van der Waals surface area contributed by atoms with Crippen LogP contribution in [0.4, 0.5) is 0 Å². The summed E-state index contributed by atoms with van der Waals surface area (Å²) in [7, 11) is 1.55. The predicted molar refractivity (Wildman–Crippen MR) is 182 cm³/mol. The SMILES string of the molecule is CCOC(=O)C1=C(C)N=c2s/c(=C/c3cn(Cc4ccc(Cl)c(Cl)c4)c4ccccc34)c(=O)n2[C@@H]1c1cccc(OC)c1OCC. The first kappa shape index (κ1) is 31.7. The minimum Gasteiger partial charge on any atom is -0.493 e. The van der Waals surface area contributed by atoms with Crippen LogP contribution in [0.15, 0.2) is 87.9 Å². The van der Waals surface area contributed by atoms with Crippen LogP contribution in [0.2, 0.25) is 10.0 Å². The maximum Gasteiger partial charge on any atom is 0.338 e. The summed E-state index contributed by atoms with van der Waals surface area (Å²) in [5.41, 5.74) is 3.93. The van der Waals surface area contributed by atoms with E-state index in [-0.39, 0.29) is 17.7 Å². The Hall–Kier alpha value is -4.31. The number of para-hydroxylation sites is 2. The maximum atomic E-state index is 14.4. The summed E-state index contributed by atoms with van der Waals surface area (Å²) in [6.45, 7) is 6.46. The lowest BCUT2D eigenvalue weighted by Crippen LogP contribution is -2.40. The number of thiazole rings is 1. The van der Waals surface area contributed by atoms with Gasteiger partial charge in [0.2, 0.25) is 0 Å². The van der Waals surface area contributed by atoms with Crippen molar-refractivity contribution in [1.29, 1.82) is 0 Å². The molecule has 0 radical (unpaired) electrons. The second-order valence-corrected chi connectivity index (χ2v) is 12.4. The summed E-state index contributed by atoms with van der Waals surface area (Å²) in [4.78, 5) is 33.0. The third-order valence-corrected chi connectivity index (χ3v) is 9.49. The fourth-order valence-corrected chi connectivity index (χ4v) is 7.15. The van der Waals surface area contributed by atoms with Crippen molar-refractivity contribution in [2.24, 2.45) is 4.99 Å². The summed E-state index contributed by atoms with van der Waals surface area (Å²) in [6, 6.07) is 18.2. The first-order valence-corrected chi connectivity index (χ1v) is 16.3. The summed E-state index contributed by atoms with van der Waals surface area (Å²) >= 11 is 13.7. The highest BCUT2D eigenvalue weighted by molar-refractivity contribution is 7.07. The van der Waals surface area contributed by atoms with Gasteiger partial charge in [-0.3, -0.25) is 9.36 Å². The van der Waals surface area contributed by atoms with E-state index in [1.807, 2.05) is 67.7 Å². The van der Waals surface area contributed by atoms with Crippen LogP contribution in [0.1, 0.15) is 43.5 Å². The highest BCUT2D eigenvalue weighted by atomic mass is 35.5. The molecule has 236 valence electrons. The molecule has 2 aromatic heterocycles. The van der Waals surface area contributed by atoms with Crippen molar-refractivity contribution in [1.82, 2.24) is 9.13 Å². The number of allylic oxidation sites excluding steroid dienone is 1. The van der Waals surface area contributed by atoms with E-state index in [4.69, 9.17) is 42.4 Å². The van der Waals surface area contributed by atoms with Crippen molar-refractivity contribution in [3.63, 3.8) is 0 Å². The van der Waals surface area contributed by atoms with Crippen molar-refractivity contribution < 1.29 is 19.0 Å². The number of hydrogen-bond acceptors (Lipinski definition) is 7. The van der Waals surface area contributed by atoms with Gasteiger partial charge in [0.1, 0.15) is 6.04 Å². The molecule has 5 aromatic rings. The summed E-state index contributed by atoms with van der Waals surface area (Å²) in [5, 5.41) is 1.98. The number of esters is 1. The number of methoxy groups -OCH3 is 1. The topological polar surface area (TPSA) is 84.1 Å². The smallest absolute Gasteiger partial charge is 0.338 e. The van der Waals surface area contributed by atoms with Crippen LogP contribution >= 0.6 is 34.5 Å². The lowest BCUT2D eigenvalue weighted by molar-refractivity contribution is -0.139. The third kappa shape index (κ3) is 5.75. The van der Waals surface area contributed by atoms with Crippen LogP contribution in [-0.2, 0) is 16.1 Å². The normalized spacial score (nSPS) is 14.7. The van der Waals surface area contributed by atoms with E-state index in [1.54, 1.807) is 37.7 Å². The van der Waals surface area contributed by atoms with Gasteiger partial charge in [-0.1, -0.05) is 70.9 Å². The van der Waals surface area contributed by atoms with E-state index < -0.39 is 12.0 Å². The molecule has 0 bridgehead atoms. The van der Waals surface area contributed by atoms with Gasteiger partial charge in [0.05, 0.1) is 46.2 Å². The lowest BCUT2D eigenvalue weighted by Gasteiger charge is -2.26. The van der Waals surface area contributed by atoms with Gasteiger partial charge in [-0.2, -0.15) is 0 Å². The largest absolute Gasteiger partial charge is 0.493 e. The molecule has 0 saturated carbocycles. The highest BCUT2D eigenvalue weighted by Crippen LogP contribution is 2.41. The van der Waals surface area contributed by atoms with E-state index in [2.05, 4.69) is 4.57 Å². The number of ether oxygens (including phenoxy) is 3. The molecule has 0 spiro atoms. The van der Waals surface area contributed by atoms with E-state index in [0.29, 0.717) is 55.3 Å². The van der Waals surface area contributed by atoms with E-state index >= 15 is 0 Å². The van der Waals surface area contributed by atoms with Gasteiger partial charge in [-0.05, 0) is 56.7 Å². The Morgan fingerprint density at radius 2 is 1.85 bits per heavy atom. The van der Waals surface area contributed by atoms with Crippen LogP contribution in [0.5, 0.6) is 11.5 Å². The number of halogens is 2. The molecule has 6 rings (SSSR count). The van der Waals surface area contributed by atoms with Crippen LogP contribution in [0.3, 0.4) is 0 Å². The Bertz CT molecular complexity index is 2200. The summed E-state index contributed by atoms with van der Waals surface area (Å²) in [6.07, 6.45) is 3.90. The number of rotatable bonds is 9. The molecule has 0 aliphatic carbocycles. The number of carbonyl (C=O) groups excluding carboxylic acids is 1. The quantitative estimate of drug-likeness (QED) is 0.166. The van der Waals surface area contributed by atoms with Crippen LogP contribution in [0, 0.1) is 0 Å². The molecule has 0 N–H and O–H groups in total. The molecule has 0 fully saturated rings. The first-order valence-electron chi connectivity index (χ1n) is 14.8. The van der Waals surface area contributed by atoms with Gasteiger partial charge < -0.3 is 18.8 Å². The van der Waals surface area contributed by atoms with E-state index in [1.165, 1.54) is 11.3 Å². The number of carbonyl (C=O) groups is 1. The van der Waals surface area contributed by atoms with Gasteiger partial charge >= 0.3 is 5.97 Å². The van der Waals surface area contributed by atoms with Crippen LogP contribution < -0.4 is 24.4 Å². The molecule has 1 aliphatic heterocycles. The Morgan fingerprint density at radius 1 is 1.04 bits per heavy atom. The molecule has 11 heteroatoms. The Labute approximate surface area is 279 Å². The molecule has 0 saturated heterocycles. The molecular formula is C35H31Cl2N3O5S. The van der Waals surface area contributed by atoms with Gasteiger partial charge in [0, 0.05) is 34.8 Å². The monoisotopic (exact) mass is 675 g/mol.